The van der Waals surface area contributed by atoms with Crippen molar-refractivity contribution >= 4 is 33.1 Å². The fourth-order valence-electron chi connectivity index (χ4n) is 1.75. The Bertz CT molecular complexity index is 696. The zero-order valence-electron chi connectivity index (χ0n) is 11.8. The van der Waals surface area contributed by atoms with Crippen LogP contribution in [-0.2, 0) is 0 Å². The van der Waals surface area contributed by atoms with Crippen molar-refractivity contribution < 1.29 is 9.72 Å². The third kappa shape index (κ3) is 3.34. The second-order valence-corrected chi connectivity index (χ2v) is 5.62. The molecule has 1 aromatic heterocycles. The highest BCUT2D eigenvalue weighted by atomic mass is 32.1. The van der Waals surface area contributed by atoms with Gasteiger partial charge in [-0.05, 0) is 42.0 Å². The Kier molecular flexibility index (Phi) is 4.18. The Labute approximate surface area is 125 Å². The number of rotatable bonds is 4. The van der Waals surface area contributed by atoms with Gasteiger partial charge in [-0.25, -0.2) is 4.98 Å². The van der Waals surface area contributed by atoms with Crippen molar-refractivity contribution in [2.24, 2.45) is 0 Å². The van der Waals surface area contributed by atoms with E-state index in [1.54, 1.807) is 6.07 Å². The Balaban J connectivity index is 2.18. The molecule has 0 saturated carbocycles. The van der Waals surface area contributed by atoms with E-state index in [9.17, 15) is 14.9 Å². The molecule has 0 unspecified atom stereocenters. The molecule has 0 bridgehead atoms. The fourth-order valence-corrected chi connectivity index (χ4v) is 2.38. The number of nitrogens with zero attached hydrogens (tertiary/aromatic N) is 3. The van der Waals surface area contributed by atoms with E-state index < -0.39 is 4.92 Å². The number of amides is 1. The van der Waals surface area contributed by atoms with Crippen molar-refractivity contribution in [2.45, 2.75) is 6.92 Å². The lowest BCUT2D eigenvalue weighted by molar-refractivity contribution is -0.380. The van der Waals surface area contributed by atoms with E-state index in [-0.39, 0.29) is 16.0 Å². The first-order chi connectivity index (χ1) is 9.88. The Morgan fingerprint density at radius 1 is 1.43 bits per heavy atom. The van der Waals surface area contributed by atoms with Gasteiger partial charge in [0.05, 0.1) is 4.92 Å². The van der Waals surface area contributed by atoms with Gasteiger partial charge in [-0.1, -0.05) is 0 Å². The third-order valence-corrected chi connectivity index (χ3v) is 3.73. The van der Waals surface area contributed by atoms with E-state index in [1.165, 1.54) is 0 Å². The fraction of sp³-hybridized carbons (Fsp3) is 0.231. The monoisotopic (exact) mass is 306 g/mol. The van der Waals surface area contributed by atoms with Crippen LogP contribution in [0.5, 0.6) is 0 Å². The molecule has 0 aliphatic carbocycles. The number of anilines is 2. The maximum absolute atomic E-state index is 12.2. The van der Waals surface area contributed by atoms with Gasteiger partial charge in [0.15, 0.2) is 5.13 Å². The lowest BCUT2D eigenvalue weighted by atomic mass is 10.1. The van der Waals surface area contributed by atoms with Crippen molar-refractivity contribution in [2.75, 3.05) is 24.3 Å². The summed E-state index contributed by atoms with van der Waals surface area (Å²) in [5.41, 5.74) is 2.33. The molecule has 110 valence electrons. The van der Waals surface area contributed by atoms with Crippen LogP contribution in [0.25, 0.3) is 0 Å². The van der Waals surface area contributed by atoms with Crippen LogP contribution >= 0.6 is 11.3 Å². The molecule has 0 spiro atoms. The van der Waals surface area contributed by atoms with Gasteiger partial charge in [-0.3, -0.25) is 20.2 Å². The second-order valence-electron chi connectivity index (χ2n) is 4.61. The largest absolute Gasteiger partial charge is 0.378 e. The Morgan fingerprint density at radius 3 is 2.67 bits per heavy atom. The molecule has 0 saturated heterocycles. The van der Waals surface area contributed by atoms with E-state index in [2.05, 4.69) is 10.3 Å². The highest BCUT2D eigenvalue weighted by Crippen LogP contribution is 2.26. The summed E-state index contributed by atoms with van der Waals surface area (Å²) in [6.07, 6.45) is 1.13. The molecule has 0 radical (unpaired) electrons. The number of benzene rings is 1. The van der Waals surface area contributed by atoms with Crippen molar-refractivity contribution in [1.29, 1.82) is 0 Å². The number of nitrogens with one attached hydrogen (secondary N) is 1. The van der Waals surface area contributed by atoms with Gasteiger partial charge in [-0.2, -0.15) is 0 Å². The zero-order valence-corrected chi connectivity index (χ0v) is 12.6. The Morgan fingerprint density at radius 2 is 2.14 bits per heavy atom. The van der Waals surface area contributed by atoms with Crippen molar-refractivity contribution in [3.8, 4) is 0 Å². The molecule has 1 heterocycles. The number of hydrogen-bond acceptors (Lipinski definition) is 6. The van der Waals surface area contributed by atoms with Crippen molar-refractivity contribution in [3.63, 3.8) is 0 Å². The smallest absolute Gasteiger partial charge is 0.345 e. The summed E-state index contributed by atoms with van der Waals surface area (Å²) in [6.45, 7) is 1.84. The van der Waals surface area contributed by atoms with Crippen LogP contribution < -0.4 is 10.2 Å². The molecule has 0 fully saturated rings. The summed E-state index contributed by atoms with van der Waals surface area (Å²) in [5.74, 6) is -0.331. The van der Waals surface area contributed by atoms with Crippen LogP contribution in [0.3, 0.4) is 0 Å². The molecule has 8 heteroatoms. The SMILES string of the molecule is Cc1cc(N(C)C)ccc1C(=O)Nc1ncc([N+](=O)[O-])s1. The summed E-state index contributed by atoms with van der Waals surface area (Å²) < 4.78 is 0. The zero-order chi connectivity index (χ0) is 15.6. The van der Waals surface area contributed by atoms with Crippen LogP contribution in [0, 0.1) is 17.0 Å². The van der Waals surface area contributed by atoms with Gasteiger partial charge >= 0.3 is 5.00 Å². The minimum absolute atomic E-state index is 0.107. The molecule has 2 rings (SSSR count). The molecule has 21 heavy (non-hydrogen) atoms. The summed E-state index contributed by atoms with van der Waals surface area (Å²) in [5, 5.41) is 13.3. The molecule has 0 aliphatic heterocycles. The maximum Gasteiger partial charge on any atom is 0.345 e. The first-order valence-corrected chi connectivity index (χ1v) is 6.89. The number of carbonyl (C=O) groups is 1. The summed E-state index contributed by atoms with van der Waals surface area (Å²) in [6, 6.07) is 5.47. The molecular formula is C13H14N4O3S. The van der Waals surface area contributed by atoms with Crippen LogP contribution in [-0.4, -0.2) is 29.9 Å². The normalized spacial score (nSPS) is 10.2. The topological polar surface area (TPSA) is 88.4 Å². The Hall–Kier alpha value is -2.48. The molecule has 2 aromatic rings. The van der Waals surface area contributed by atoms with E-state index in [0.29, 0.717) is 5.56 Å². The predicted molar refractivity (Wildman–Crippen MR) is 82.2 cm³/mol. The van der Waals surface area contributed by atoms with Gasteiger partial charge in [0, 0.05) is 25.3 Å². The highest BCUT2D eigenvalue weighted by Gasteiger charge is 2.15. The second kappa shape index (κ2) is 5.88. The average Bonchev–Trinajstić information content (AvgIpc) is 2.87. The summed E-state index contributed by atoms with van der Waals surface area (Å²) in [4.78, 5) is 28.0. The van der Waals surface area contributed by atoms with E-state index in [4.69, 9.17) is 0 Å². The minimum atomic E-state index is -0.537. The molecule has 1 N–H and O–H groups in total. The number of hydrogen-bond donors (Lipinski definition) is 1. The molecular weight excluding hydrogens is 292 g/mol. The molecule has 0 aliphatic rings. The summed E-state index contributed by atoms with van der Waals surface area (Å²) >= 11 is 0.828. The number of carbonyl (C=O) groups excluding carboxylic acids is 1. The first kappa shape index (κ1) is 14.9. The lowest BCUT2D eigenvalue weighted by Crippen LogP contribution is -2.14. The van der Waals surface area contributed by atoms with Gasteiger partial charge < -0.3 is 4.90 Å². The minimum Gasteiger partial charge on any atom is -0.378 e. The van der Waals surface area contributed by atoms with E-state index in [1.807, 2.05) is 38.1 Å². The highest BCUT2D eigenvalue weighted by molar-refractivity contribution is 7.18. The van der Waals surface area contributed by atoms with Crippen molar-refractivity contribution in [1.82, 2.24) is 4.98 Å². The van der Waals surface area contributed by atoms with Gasteiger partial charge in [0.1, 0.15) is 6.20 Å². The van der Waals surface area contributed by atoms with Gasteiger partial charge in [0.25, 0.3) is 5.91 Å². The van der Waals surface area contributed by atoms with Gasteiger partial charge in [0.2, 0.25) is 0 Å². The van der Waals surface area contributed by atoms with Crippen LogP contribution in [0.1, 0.15) is 15.9 Å². The van der Waals surface area contributed by atoms with E-state index in [0.717, 1.165) is 28.8 Å². The molecule has 1 aromatic carbocycles. The predicted octanol–water partition coefficient (Wildman–Crippen LogP) is 2.68. The van der Waals surface area contributed by atoms with Crippen LogP contribution in [0.4, 0.5) is 15.8 Å². The quantitative estimate of drug-likeness (QED) is 0.693. The third-order valence-electron chi connectivity index (χ3n) is 2.86. The number of aromatic nitrogens is 1. The average molecular weight is 306 g/mol. The number of aryl methyl sites for hydroxylation is 1. The van der Waals surface area contributed by atoms with Crippen LogP contribution in [0.2, 0.25) is 0 Å². The molecule has 0 atom stereocenters. The molecule has 1 amide bonds. The first-order valence-electron chi connectivity index (χ1n) is 6.08. The molecule has 7 nitrogen and oxygen atoms in total. The van der Waals surface area contributed by atoms with Crippen LogP contribution in [0.15, 0.2) is 24.4 Å². The summed E-state index contributed by atoms with van der Waals surface area (Å²) in [7, 11) is 3.84. The standard InChI is InChI=1S/C13H14N4O3S/c1-8-6-9(16(2)3)4-5-10(8)12(18)15-13-14-7-11(21-13)17(19)20/h4-7H,1-3H3,(H,14,15,18). The lowest BCUT2D eigenvalue weighted by Gasteiger charge is -2.14. The van der Waals surface area contributed by atoms with E-state index >= 15 is 0 Å². The van der Waals surface area contributed by atoms with Gasteiger partial charge in [-0.15, -0.1) is 0 Å². The number of thiazole rings is 1. The maximum atomic E-state index is 12.2. The number of nitro groups is 1. The van der Waals surface area contributed by atoms with Crippen molar-refractivity contribution in [3.05, 3.63) is 45.6 Å².